The van der Waals surface area contributed by atoms with Crippen LogP contribution in [0, 0.1) is 6.42 Å². The summed E-state index contributed by atoms with van der Waals surface area (Å²) >= 11 is 0. The van der Waals surface area contributed by atoms with Crippen molar-refractivity contribution < 1.29 is 10.2 Å². The average Bonchev–Trinajstić information content (AvgIpc) is 1.35. The molecule has 2 nitrogen and oxygen atoms in total. The Balaban J connectivity index is 2.63. The molecule has 2 N–H and O–H groups in total. The summed E-state index contributed by atoms with van der Waals surface area (Å²) in [6.45, 7) is 1.85. The van der Waals surface area contributed by atoms with Gasteiger partial charge in [0, 0.05) is 6.42 Å². The Kier molecular flexibility index (Phi) is 3.08. The first-order valence-electron chi connectivity index (χ1n) is 1.97. The van der Waals surface area contributed by atoms with Gasteiger partial charge in [0.1, 0.15) is 0 Å². The fraction of sp³-hybridized carbons (Fsp3) is 0.750. The molecule has 0 atom stereocenters. The van der Waals surface area contributed by atoms with Crippen LogP contribution in [-0.2, 0) is 0 Å². The summed E-state index contributed by atoms with van der Waals surface area (Å²) in [5, 5.41) is 16.1. The highest BCUT2D eigenvalue weighted by molar-refractivity contribution is 4.60. The van der Waals surface area contributed by atoms with Crippen LogP contribution in [0.2, 0.25) is 0 Å². The number of hydrogen-bond donors (Lipinski definition) is 2. The topological polar surface area (TPSA) is 40.5 Å². The molecule has 2 heteroatoms. The Hall–Kier alpha value is -0.0800. The zero-order chi connectivity index (χ0) is 4.99. The van der Waals surface area contributed by atoms with E-state index in [0.29, 0.717) is 6.42 Å². The lowest BCUT2D eigenvalue weighted by Crippen LogP contribution is -2.02. The van der Waals surface area contributed by atoms with Gasteiger partial charge in [0.2, 0.25) is 0 Å². The molecule has 0 unspecified atom stereocenters. The summed E-state index contributed by atoms with van der Waals surface area (Å²) in [7, 11) is 0. The molecule has 0 aromatic carbocycles. The maximum atomic E-state index is 8.05. The fourth-order valence-electron chi connectivity index (χ4n) is 0.211. The molecule has 0 spiro atoms. The van der Waals surface area contributed by atoms with Gasteiger partial charge in [-0.25, -0.2) is 0 Å². The van der Waals surface area contributed by atoms with E-state index in [1.807, 2.05) is 6.92 Å². The molecule has 0 aromatic rings. The second kappa shape index (κ2) is 3.12. The van der Waals surface area contributed by atoms with Crippen molar-refractivity contribution in [3.63, 3.8) is 0 Å². The maximum absolute atomic E-state index is 8.05. The third kappa shape index (κ3) is 3.92. The number of aliphatic hydroxyl groups excluding tert-OH is 1. The van der Waals surface area contributed by atoms with Crippen LogP contribution >= 0.6 is 0 Å². The smallest absolute Gasteiger partial charge is 0.154 e. The van der Waals surface area contributed by atoms with Crippen LogP contribution in [0.5, 0.6) is 0 Å². The van der Waals surface area contributed by atoms with Gasteiger partial charge in [-0.2, -0.15) is 0 Å². The van der Waals surface area contributed by atoms with E-state index < -0.39 is 6.29 Å². The monoisotopic (exact) mass is 89.1 g/mol. The summed E-state index contributed by atoms with van der Waals surface area (Å²) in [6, 6.07) is 0. The summed E-state index contributed by atoms with van der Waals surface area (Å²) < 4.78 is 0. The highest BCUT2D eigenvalue weighted by atomic mass is 16.5. The normalized spacial score (nSPS) is 10.0. The van der Waals surface area contributed by atoms with Crippen molar-refractivity contribution in [3.8, 4) is 0 Å². The van der Waals surface area contributed by atoms with Crippen LogP contribution in [-0.4, -0.2) is 16.5 Å². The maximum Gasteiger partial charge on any atom is 0.154 e. The van der Waals surface area contributed by atoms with Crippen molar-refractivity contribution in [3.05, 3.63) is 6.42 Å². The van der Waals surface area contributed by atoms with Gasteiger partial charge in [-0.05, 0) is 6.42 Å². The van der Waals surface area contributed by atoms with Crippen LogP contribution < -0.4 is 0 Å². The molecule has 37 valence electrons. The predicted octanol–water partition coefficient (Wildman–Crippen LogP) is -0.0886. The van der Waals surface area contributed by atoms with E-state index >= 15 is 0 Å². The molecule has 0 rings (SSSR count). The van der Waals surface area contributed by atoms with E-state index in [0.717, 1.165) is 0 Å². The molecular weight excluding hydrogens is 80.0 g/mol. The molecule has 0 fully saturated rings. The van der Waals surface area contributed by atoms with Crippen LogP contribution in [0.25, 0.3) is 0 Å². The van der Waals surface area contributed by atoms with Gasteiger partial charge >= 0.3 is 0 Å². The van der Waals surface area contributed by atoms with E-state index in [1.165, 1.54) is 6.42 Å². The van der Waals surface area contributed by atoms with E-state index in [9.17, 15) is 0 Å². The van der Waals surface area contributed by atoms with Gasteiger partial charge in [0.05, 0.1) is 0 Å². The SMILES string of the molecule is CC[CH]C(O)O. The highest BCUT2D eigenvalue weighted by Crippen LogP contribution is 1.86. The second-order valence-electron chi connectivity index (χ2n) is 1.06. The van der Waals surface area contributed by atoms with Crippen molar-refractivity contribution in [1.29, 1.82) is 0 Å². The van der Waals surface area contributed by atoms with E-state index in [2.05, 4.69) is 0 Å². The third-order valence-corrected chi connectivity index (χ3v) is 0.447. The largest absolute Gasteiger partial charge is 0.368 e. The Morgan fingerprint density at radius 1 is 1.67 bits per heavy atom. The quantitative estimate of drug-likeness (QED) is 0.464. The molecule has 0 aliphatic carbocycles. The van der Waals surface area contributed by atoms with Crippen molar-refractivity contribution in [1.82, 2.24) is 0 Å². The molecule has 0 heterocycles. The number of hydrogen-bond acceptors (Lipinski definition) is 2. The average molecular weight is 89.1 g/mol. The van der Waals surface area contributed by atoms with Crippen molar-refractivity contribution in [2.45, 2.75) is 19.6 Å². The summed E-state index contributed by atoms with van der Waals surface area (Å²) in [6.07, 6.45) is 0.882. The third-order valence-electron chi connectivity index (χ3n) is 0.447. The zero-order valence-electron chi connectivity index (χ0n) is 3.76. The molecular formula is C4H9O2. The molecule has 6 heavy (non-hydrogen) atoms. The van der Waals surface area contributed by atoms with Gasteiger partial charge in [0.25, 0.3) is 0 Å². The van der Waals surface area contributed by atoms with Crippen LogP contribution in [0.15, 0.2) is 0 Å². The summed E-state index contributed by atoms with van der Waals surface area (Å²) in [5.74, 6) is 0. The molecule has 0 amide bonds. The molecule has 0 saturated heterocycles. The number of aliphatic hydroxyl groups is 2. The molecule has 1 radical (unpaired) electrons. The molecule has 0 aliphatic rings. The summed E-state index contributed by atoms with van der Waals surface area (Å²) in [5.41, 5.74) is 0. The summed E-state index contributed by atoms with van der Waals surface area (Å²) in [4.78, 5) is 0. The molecule has 0 aliphatic heterocycles. The lowest BCUT2D eigenvalue weighted by Gasteiger charge is -1.94. The van der Waals surface area contributed by atoms with Crippen LogP contribution in [0.1, 0.15) is 13.3 Å². The molecule has 0 bridgehead atoms. The first-order valence-corrected chi connectivity index (χ1v) is 1.97. The van der Waals surface area contributed by atoms with Crippen LogP contribution in [0.3, 0.4) is 0 Å². The lowest BCUT2D eigenvalue weighted by molar-refractivity contribution is -0.0132. The predicted molar refractivity (Wildman–Crippen MR) is 22.8 cm³/mol. The van der Waals surface area contributed by atoms with Gasteiger partial charge in [-0.3, -0.25) is 0 Å². The fourth-order valence-corrected chi connectivity index (χ4v) is 0.211. The van der Waals surface area contributed by atoms with E-state index in [4.69, 9.17) is 10.2 Å². The Labute approximate surface area is 37.4 Å². The lowest BCUT2D eigenvalue weighted by atomic mass is 10.3. The highest BCUT2D eigenvalue weighted by Gasteiger charge is 1.89. The van der Waals surface area contributed by atoms with Gasteiger partial charge in [-0.15, -0.1) is 0 Å². The number of rotatable bonds is 2. The minimum atomic E-state index is -1.23. The standard InChI is InChI=1S/C4H9O2/c1-2-3-4(5)6/h3-6H,2H2,1H3. The van der Waals surface area contributed by atoms with Gasteiger partial charge in [0.15, 0.2) is 6.29 Å². The van der Waals surface area contributed by atoms with Crippen molar-refractivity contribution >= 4 is 0 Å². The molecule has 0 aromatic heterocycles. The Morgan fingerprint density at radius 3 is 2.17 bits per heavy atom. The first-order chi connectivity index (χ1) is 2.77. The van der Waals surface area contributed by atoms with Crippen LogP contribution in [0.4, 0.5) is 0 Å². The van der Waals surface area contributed by atoms with E-state index in [1.54, 1.807) is 0 Å². The Morgan fingerprint density at radius 2 is 2.17 bits per heavy atom. The zero-order valence-corrected chi connectivity index (χ0v) is 3.76. The first kappa shape index (κ1) is 5.92. The van der Waals surface area contributed by atoms with E-state index in [-0.39, 0.29) is 0 Å². The molecule has 0 saturated carbocycles. The van der Waals surface area contributed by atoms with Crippen molar-refractivity contribution in [2.75, 3.05) is 0 Å². The van der Waals surface area contributed by atoms with Crippen molar-refractivity contribution in [2.24, 2.45) is 0 Å². The minimum Gasteiger partial charge on any atom is -0.368 e. The van der Waals surface area contributed by atoms with Gasteiger partial charge in [-0.1, -0.05) is 6.92 Å². The Bertz CT molecular complexity index is 26.7. The second-order valence-corrected chi connectivity index (χ2v) is 1.06. The minimum absolute atomic E-state index is 0.706. The van der Waals surface area contributed by atoms with Gasteiger partial charge < -0.3 is 10.2 Å².